The minimum Gasteiger partial charge on any atom is -0.480 e. The molecule has 0 aliphatic rings. The second-order valence-electron chi connectivity index (χ2n) is 2.87. The number of aromatic nitrogens is 1. The van der Waals surface area contributed by atoms with Gasteiger partial charge in [-0.3, -0.25) is 0 Å². The summed E-state index contributed by atoms with van der Waals surface area (Å²) in [5.41, 5.74) is 0.852. The Labute approximate surface area is 87.7 Å². The van der Waals surface area contributed by atoms with Gasteiger partial charge in [-0.2, -0.15) is 0 Å². The quantitative estimate of drug-likeness (QED) is 0.712. The van der Waals surface area contributed by atoms with Gasteiger partial charge in [-0.25, -0.2) is 0 Å². The molecule has 74 valence electrons. The number of para-hydroxylation sites is 1. The molecule has 2 rings (SSSR count). The predicted octanol–water partition coefficient (Wildman–Crippen LogP) is 2.35. The first kappa shape index (κ1) is 9.35. The van der Waals surface area contributed by atoms with Gasteiger partial charge in [0.05, 0.1) is 11.8 Å². The van der Waals surface area contributed by atoms with Crippen LogP contribution in [0.1, 0.15) is 0 Å². The van der Waals surface area contributed by atoms with Crippen LogP contribution in [0.3, 0.4) is 0 Å². The van der Waals surface area contributed by atoms with E-state index in [-0.39, 0.29) is 6.61 Å². The van der Waals surface area contributed by atoms with Crippen molar-refractivity contribution in [2.75, 3.05) is 6.61 Å². The lowest BCUT2D eigenvalue weighted by atomic mass is 10.1. The molecular weight excluding hydrogens is 190 g/mol. The molecule has 0 aliphatic carbocycles. The van der Waals surface area contributed by atoms with E-state index in [4.69, 9.17) is 15.7 Å². The van der Waals surface area contributed by atoms with Gasteiger partial charge in [-0.1, -0.05) is 23.2 Å². The van der Waals surface area contributed by atoms with Crippen molar-refractivity contribution >= 4 is 0 Å². The lowest BCUT2D eigenvalue weighted by Gasteiger charge is -2.06. The Kier molecular flexibility index (Phi) is 2.70. The SMILES string of the molecule is C#CCOc1ccccc1-c1ccno1. The lowest BCUT2D eigenvalue weighted by Crippen LogP contribution is -1.94. The number of rotatable bonds is 3. The van der Waals surface area contributed by atoms with Crippen molar-refractivity contribution in [1.82, 2.24) is 5.16 Å². The van der Waals surface area contributed by atoms with Crippen molar-refractivity contribution in [3.63, 3.8) is 0 Å². The van der Waals surface area contributed by atoms with E-state index in [0.717, 1.165) is 5.56 Å². The van der Waals surface area contributed by atoms with Crippen LogP contribution in [-0.4, -0.2) is 11.8 Å². The fourth-order valence-electron chi connectivity index (χ4n) is 1.27. The molecule has 3 heteroatoms. The lowest BCUT2D eigenvalue weighted by molar-refractivity contribution is 0.368. The molecule has 2 aromatic rings. The molecule has 15 heavy (non-hydrogen) atoms. The summed E-state index contributed by atoms with van der Waals surface area (Å²) >= 11 is 0. The fraction of sp³-hybridized carbons (Fsp3) is 0.0833. The maximum atomic E-state index is 5.39. The van der Waals surface area contributed by atoms with Crippen molar-refractivity contribution in [2.45, 2.75) is 0 Å². The van der Waals surface area contributed by atoms with Crippen molar-refractivity contribution in [3.8, 4) is 29.4 Å². The molecule has 1 aromatic heterocycles. The van der Waals surface area contributed by atoms with Crippen LogP contribution >= 0.6 is 0 Å². The molecule has 1 aromatic carbocycles. The van der Waals surface area contributed by atoms with Crippen LogP contribution in [0.2, 0.25) is 0 Å². The zero-order valence-electron chi connectivity index (χ0n) is 8.01. The molecule has 1 heterocycles. The van der Waals surface area contributed by atoms with Crippen molar-refractivity contribution in [3.05, 3.63) is 36.5 Å². The Hall–Kier alpha value is -2.21. The zero-order chi connectivity index (χ0) is 10.5. The molecule has 0 bridgehead atoms. The number of benzene rings is 1. The molecule has 0 amide bonds. The van der Waals surface area contributed by atoms with Gasteiger partial charge in [-0.05, 0) is 12.1 Å². The van der Waals surface area contributed by atoms with Crippen LogP contribution in [-0.2, 0) is 0 Å². The normalized spacial score (nSPS) is 9.53. The maximum Gasteiger partial charge on any atom is 0.170 e. The van der Waals surface area contributed by atoms with Crippen LogP contribution in [0.4, 0.5) is 0 Å². The summed E-state index contributed by atoms with van der Waals surface area (Å²) in [6, 6.07) is 9.30. The highest BCUT2D eigenvalue weighted by atomic mass is 16.5. The number of nitrogens with zero attached hydrogens (tertiary/aromatic N) is 1. The van der Waals surface area contributed by atoms with Crippen LogP contribution in [0, 0.1) is 12.3 Å². The average molecular weight is 199 g/mol. The minimum atomic E-state index is 0.241. The second kappa shape index (κ2) is 4.34. The van der Waals surface area contributed by atoms with E-state index < -0.39 is 0 Å². The topological polar surface area (TPSA) is 35.3 Å². The third kappa shape index (κ3) is 2.00. The summed E-state index contributed by atoms with van der Waals surface area (Å²) in [6.07, 6.45) is 6.72. The van der Waals surface area contributed by atoms with Gasteiger partial charge >= 0.3 is 0 Å². The van der Waals surface area contributed by atoms with E-state index in [1.54, 1.807) is 12.3 Å². The Morgan fingerprint density at radius 1 is 1.33 bits per heavy atom. The van der Waals surface area contributed by atoms with Crippen LogP contribution < -0.4 is 4.74 Å². The average Bonchev–Trinajstić information content (AvgIpc) is 2.80. The zero-order valence-corrected chi connectivity index (χ0v) is 8.01. The van der Waals surface area contributed by atoms with Gasteiger partial charge in [0, 0.05) is 6.07 Å². The predicted molar refractivity (Wildman–Crippen MR) is 56.3 cm³/mol. The first-order valence-corrected chi connectivity index (χ1v) is 4.48. The van der Waals surface area contributed by atoms with E-state index in [9.17, 15) is 0 Å². The molecular formula is C12H9NO2. The molecule has 0 spiro atoms. The van der Waals surface area contributed by atoms with E-state index in [2.05, 4.69) is 11.1 Å². The summed E-state index contributed by atoms with van der Waals surface area (Å²) in [7, 11) is 0. The molecule has 0 atom stereocenters. The van der Waals surface area contributed by atoms with Crippen molar-refractivity contribution in [1.29, 1.82) is 0 Å². The minimum absolute atomic E-state index is 0.241. The molecule has 0 unspecified atom stereocenters. The maximum absolute atomic E-state index is 5.39. The Morgan fingerprint density at radius 3 is 2.93 bits per heavy atom. The molecule has 0 N–H and O–H groups in total. The summed E-state index contributed by atoms with van der Waals surface area (Å²) in [5.74, 6) is 3.79. The van der Waals surface area contributed by atoms with Gasteiger partial charge in [0.2, 0.25) is 0 Å². The first-order valence-electron chi connectivity index (χ1n) is 4.48. The van der Waals surface area contributed by atoms with Gasteiger partial charge in [-0.15, -0.1) is 6.42 Å². The van der Waals surface area contributed by atoms with Gasteiger partial charge < -0.3 is 9.26 Å². The van der Waals surface area contributed by atoms with Crippen molar-refractivity contribution in [2.24, 2.45) is 0 Å². The van der Waals surface area contributed by atoms with E-state index in [1.807, 2.05) is 24.3 Å². The summed E-state index contributed by atoms with van der Waals surface area (Å²) in [6.45, 7) is 0.241. The monoisotopic (exact) mass is 199 g/mol. The van der Waals surface area contributed by atoms with Crippen molar-refractivity contribution < 1.29 is 9.26 Å². The van der Waals surface area contributed by atoms with Crippen LogP contribution in [0.25, 0.3) is 11.3 Å². The summed E-state index contributed by atoms with van der Waals surface area (Å²) in [5, 5.41) is 3.65. The highest BCUT2D eigenvalue weighted by Gasteiger charge is 2.07. The standard InChI is InChI=1S/C12H9NO2/c1-2-9-14-11-6-4-3-5-10(11)12-7-8-13-15-12/h1,3-8H,9H2. The molecule has 3 nitrogen and oxygen atoms in total. The summed E-state index contributed by atoms with van der Waals surface area (Å²) in [4.78, 5) is 0. The first-order chi connectivity index (χ1) is 7.42. The summed E-state index contributed by atoms with van der Waals surface area (Å²) < 4.78 is 10.4. The number of terminal acetylenes is 1. The molecule has 0 saturated carbocycles. The fourth-order valence-corrected chi connectivity index (χ4v) is 1.27. The number of ether oxygens (including phenoxy) is 1. The largest absolute Gasteiger partial charge is 0.480 e. The Morgan fingerprint density at radius 2 is 2.20 bits per heavy atom. The van der Waals surface area contributed by atoms with Gasteiger partial charge in [0.1, 0.15) is 12.4 Å². The molecule has 0 aliphatic heterocycles. The van der Waals surface area contributed by atoms with Gasteiger partial charge in [0.25, 0.3) is 0 Å². The Bertz CT molecular complexity index is 469. The molecule has 0 saturated heterocycles. The highest BCUT2D eigenvalue weighted by molar-refractivity contribution is 5.65. The number of hydrogen-bond donors (Lipinski definition) is 0. The van der Waals surface area contributed by atoms with Gasteiger partial charge in [0.15, 0.2) is 5.76 Å². The van der Waals surface area contributed by atoms with Crippen LogP contribution in [0.5, 0.6) is 5.75 Å². The van der Waals surface area contributed by atoms with E-state index >= 15 is 0 Å². The van der Waals surface area contributed by atoms with Crippen LogP contribution in [0.15, 0.2) is 41.1 Å². The third-order valence-electron chi connectivity index (χ3n) is 1.90. The Balaban J connectivity index is 2.35. The van der Waals surface area contributed by atoms with E-state index in [0.29, 0.717) is 11.5 Å². The smallest absolute Gasteiger partial charge is 0.170 e. The molecule has 0 fully saturated rings. The van der Waals surface area contributed by atoms with E-state index in [1.165, 1.54) is 0 Å². The second-order valence-corrected chi connectivity index (χ2v) is 2.87. The highest BCUT2D eigenvalue weighted by Crippen LogP contribution is 2.29. The number of hydrogen-bond acceptors (Lipinski definition) is 3. The molecule has 0 radical (unpaired) electrons. The third-order valence-corrected chi connectivity index (χ3v) is 1.90.